The molecule has 0 saturated carbocycles. The first-order chi connectivity index (χ1) is 9.31. The number of aromatic nitrogens is 2. The summed E-state index contributed by atoms with van der Waals surface area (Å²) in [6.45, 7) is 6.61. The second-order valence-corrected chi connectivity index (χ2v) is 6.01. The molecule has 2 fully saturated rings. The third kappa shape index (κ3) is 2.76. The van der Waals surface area contributed by atoms with Crippen LogP contribution in [0.25, 0.3) is 0 Å². The first-order valence-electron chi connectivity index (χ1n) is 7.60. The average Bonchev–Trinajstić information content (AvgIpc) is 2.89. The third-order valence-corrected chi connectivity index (χ3v) is 4.53. The minimum Gasteiger partial charge on any atom is -0.338 e. The molecule has 5 heteroatoms. The van der Waals surface area contributed by atoms with Crippen molar-refractivity contribution in [2.75, 3.05) is 31.1 Å². The first kappa shape index (κ1) is 12.9. The highest BCUT2D eigenvalue weighted by Gasteiger charge is 2.37. The predicted molar refractivity (Wildman–Crippen MR) is 74.3 cm³/mol. The zero-order valence-corrected chi connectivity index (χ0v) is 11.8. The zero-order chi connectivity index (χ0) is 13.1. The fourth-order valence-electron chi connectivity index (χ4n) is 3.43. The van der Waals surface area contributed by atoms with E-state index in [1.165, 1.54) is 25.7 Å². The summed E-state index contributed by atoms with van der Waals surface area (Å²) in [4.78, 5) is 6.87. The van der Waals surface area contributed by atoms with E-state index in [-0.39, 0.29) is 0 Å². The summed E-state index contributed by atoms with van der Waals surface area (Å²) in [5.41, 5.74) is 0.481. The fraction of sp³-hybridized carbons (Fsp3) is 0.857. The molecule has 3 rings (SSSR count). The van der Waals surface area contributed by atoms with Crippen LogP contribution in [0.15, 0.2) is 4.52 Å². The highest BCUT2D eigenvalue weighted by Crippen LogP contribution is 2.38. The molecule has 2 aliphatic rings. The van der Waals surface area contributed by atoms with Crippen LogP contribution >= 0.6 is 0 Å². The van der Waals surface area contributed by atoms with Crippen LogP contribution in [0.3, 0.4) is 0 Å². The summed E-state index contributed by atoms with van der Waals surface area (Å²) < 4.78 is 5.32. The molecule has 3 heterocycles. The predicted octanol–water partition coefficient (Wildman–Crippen LogP) is 1.99. The largest absolute Gasteiger partial charge is 0.338 e. The number of hydrogen-bond donors (Lipinski definition) is 1. The molecule has 0 aliphatic carbocycles. The van der Waals surface area contributed by atoms with Crippen molar-refractivity contribution in [2.24, 2.45) is 5.41 Å². The highest BCUT2D eigenvalue weighted by atomic mass is 16.5. The summed E-state index contributed by atoms with van der Waals surface area (Å²) in [7, 11) is 0. The van der Waals surface area contributed by atoms with Gasteiger partial charge in [-0.3, -0.25) is 0 Å². The SMILES string of the molecule is CCCc1nc(N2CCCC3(CCNCC3)C2)no1. The van der Waals surface area contributed by atoms with E-state index < -0.39 is 0 Å². The smallest absolute Gasteiger partial charge is 0.266 e. The molecule has 0 bridgehead atoms. The molecule has 2 saturated heterocycles. The Morgan fingerprint density at radius 3 is 2.95 bits per heavy atom. The molecule has 1 spiro atoms. The van der Waals surface area contributed by atoms with Crippen LogP contribution in [0.1, 0.15) is 44.9 Å². The fourth-order valence-corrected chi connectivity index (χ4v) is 3.43. The van der Waals surface area contributed by atoms with Crippen molar-refractivity contribution < 1.29 is 4.52 Å². The van der Waals surface area contributed by atoms with Crippen LogP contribution in [0.5, 0.6) is 0 Å². The quantitative estimate of drug-likeness (QED) is 0.905. The number of anilines is 1. The van der Waals surface area contributed by atoms with Crippen molar-refractivity contribution >= 4 is 5.95 Å². The van der Waals surface area contributed by atoms with Crippen LogP contribution in [0.4, 0.5) is 5.95 Å². The molecule has 0 amide bonds. The molecular formula is C14H24N4O. The normalized spacial score (nSPS) is 22.9. The zero-order valence-electron chi connectivity index (χ0n) is 11.8. The maximum absolute atomic E-state index is 5.32. The molecule has 1 aromatic heterocycles. The van der Waals surface area contributed by atoms with Gasteiger partial charge in [-0.15, -0.1) is 0 Å². The second-order valence-electron chi connectivity index (χ2n) is 6.01. The van der Waals surface area contributed by atoms with E-state index >= 15 is 0 Å². The maximum atomic E-state index is 5.32. The monoisotopic (exact) mass is 264 g/mol. The van der Waals surface area contributed by atoms with E-state index in [9.17, 15) is 0 Å². The van der Waals surface area contributed by atoms with Crippen LogP contribution < -0.4 is 10.2 Å². The Labute approximate surface area is 114 Å². The minimum absolute atomic E-state index is 0.481. The highest BCUT2D eigenvalue weighted by molar-refractivity contribution is 5.29. The molecule has 2 aliphatic heterocycles. The number of nitrogens with zero attached hydrogens (tertiary/aromatic N) is 3. The van der Waals surface area contributed by atoms with Gasteiger partial charge in [-0.25, -0.2) is 0 Å². The minimum atomic E-state index is 0.481. The first-order valence-corrected chi connectivity index (χ1v) is 7.60. The summed E-state index contributed by atoms with van der Waals surface area (Å²) in [5, 5.41) is 7.62. The van der Waals surface area contributed by atoms with Gasteiger partial charge in [-0.2, -0.15) is 4.98 Å². The van der Waals surface area contributed by atoms with Crippen LogP contribution in [-0.2, 0) is 6.42 Å². The van der Waals surface area contributed by atoms with Crippen molar-refractivity contribution in [3.05, 3.63) is 5.89 Å². The van der Waals surface area contributed by atoms with Crippen molar-refractivity contribution in [3.8, 4) is 0 Å². The standard InChI is InChI=1S/C14H24N4O/c1-2-4-12-16-13(17-19-12)18-10-3-5-14(11-18)6-8-15-9-7-14/h15H,2-11H2,1H3. The van der Waals surface area contributed by atoms with Gasteiger partial charge < -0.3 is 14.7 Å². The summed E-state index contributed by atoms with van der Waals surface area (Å²) in [6, 6.07) is 0. The Balaban J connectivity index is 1.69. The van der Waals surface area contributed by atoms with Gasteiger partial charge in [0.2, 0.25) is 5.89 Å². The van der Waals surface area contributed by atoms with Crippen LogP contribution in [0, 0.1) is 5.41 Å². The molecule has 106 valence electrons. The van der Waals surface area contributed by atoms with Gasteiger partial charge in [0.25, 0.3) is 5.95 Å². The number of hydrogen-bond acceptors (Lipinski definition) is 5. The number of piperidine rings is 2. The Bertz CT molecular complexity index is 406. The van der Waals surface area contributed by atoms with Crippen LogP contribution in [-0.4, -0.2) is 36.3 Å². The van der Waals surface area contributed by atoms with Crippen molar-refractivity contribution in [1.29, 1.82) is 0 Å². The Hall–Kier alpha value is -1.10. The van der Waals surface area contributed by atoms with Crippen molar-refractivity contribution in [3.63, 3.8) is 0 Å². The van der Waals surface area contributed by atoms with Gasteiger partial charge in [0, 0.05) is 19.5 Å². The molecule has 19 heavy (non-hydrogen) atoms. The molecule has 0 atom stereocenters. The van der Waals surface area contributed by atoms with E-state index in [2.05, 4.69) is 27.3 Å². The van der Waals surface area contributed by atoms with Gasteiger partial charge in [0.15, 0.2) is 0 Å². The second kappa shape index (κ2) is 5.49. The van der Waals surface area contributed by atoms with Gasteiger partial charge in [0.1, 0.15) is 0 Å². The van der Waals surface area contributed by atoms with Crippen LogP contribution in [0.2, 0.25) is 0 Å². The number of nitrogens with one attached hydrogen (secondary N) is 1. The summed E-state index contributed by atoms with van der Waals surface area (Å²) in [6.07, 6.45) is 7.10. The topological polar surface area (TPSA) is 54.2 Å². The van der Waals surface area contributed by atoms with Crippen molar-refractivity contribution in [2.45, 2.75) is 45.4 Å². The van der Waals surface area contributed by atoms with Gasteiger partial charge >= 0.3 is 0 Å². The molecule has 0 unspecified atom stereocenters. The lowest BCUT2D eigenvalue weighted by Gasteiger charge is -2.45. The van der Waals surface area contributed by atoms with E-state index in [1.807, 2.05) is 0 Å². The third-order valence-electron chi connectivity index (χ3n) is 4.53. The van der Waals surface area contributed by atoms with E-state index in [4.69, 9.17) is 4.52 Å². The molecular weight excluding hydrogens is 240 g/mol. The van der Waals surface area contributed by atoms with E-state index in [0.717, 1.165) is 50.9 Å². The van der Waals surface area contributed by atoms with Gasteiger partial charge in [-0.05, 0) is 55.8 Å². The Morgan fingerprint density at radius 2 is 2.16 bits per heavy atom. The molecule has 0 radical (unpaired) electrons. The molecule has 1 N–H and O–H groups in total. The Kier molecular flexibility index (Phi) is 3.73. The van der Waals surface area contributed by atoms with Crippen molar-refractivity contribution in [1.82, 2.24) is 15.5 Å². The number of aryl methyl sites for hydroxylation is 1. The lowest BCUT2D eigenvalue weighted by molar-refractivity contribution is 0.165. The van der Waals surface area contributed by atoms with E-state index in [0.29, 0.717) is 5.41 Å². The summed E-state index contributed by atoms with van der Waals surface area (Å²) in [5.74, 6) is 1.59. The number of rotatable bonds is 3. The summed E-state index contributed by atoms with van der Waals surface area (Å²) >= 11 is 0. The van der Waals surface area contributed by atoms with Gasteiger partial charge in [0.05, 0.1) is 0 Å². The maximum Gasteiger partial charge on any atom is 0.266 e. The van der Waals surface area contributed by atoms with Gasteiger partial charge in [-0.1, -0.05) is 6.92 Å². The molecule has 0 aromatic carbocycles. The molecule has 5 nitrogen and oxygen atoms in total. The lowest BCUT2D eigenvalue weighted by atomic mass is 9.73. The average molecular weight is 264 g/mol. The lowest BCUT2D eigenvalue weighted by Crippen LogP contribution is -2.48. The molecule has 1 aromatic rings. The Morgan fingerprint density at radius 1 is 1.32 bits per heavy atom. The van der Waals surface area contributed by atoms with E-state index in [1.54, 1.807) is 0 Å².